The summed E-state index contributed by atoms with van der Waals surface area (Å²) in [6, 6.07) is 3.38. The van der Waals surface area contributed by atoms with Gasteiger partial charge >= 0.3 is 6.18 Å². The van der Waals surface area contributed by atoms with E-state index in [1.807, 2.05) is 0 Å². The van der Waals surface area contributed by atoms with E-state index in [9.17, 15) is 18.0 Å². The Morgan fingerprint density at radius 2 is 2.14 bits per heavy atom. The number of carbonyl (C=O) groups excluding carboxylic acids is 1. The molecule has 1 fully saturated rings. The summed E-state index contributed by atoms with van der Waals surface area (Å²) in [5.74, 6) is 1.49. The average molecular weight is 297 g/mol. The minimum atomic E-state index is -4.59. The topological polar surface area (TPSA) is 38.3 Å². The Balaban J connectivity index is 2.24. The fourth-order valence-electron chi connectivity index (χ4n) is 1.77. The summed E-state index contributed by atoms with van der Waals surface area (Å²) >= 11 is 0. The van der Waals surface area contributed by atoms with Gasteiger partial charge in [0, 0.05) is 11.1 Å². The molecule has 0 unspecified atom stereocenters. The first-order valence-electron chi connectivity index (χ1n) is 6.35. The zero-order valence-corrected chi connectivity index (χ0v) is 11.4. The van der Waals surface area contributed by atoms with Crippen molar-refractivity contribution >= 4 is 11.6 Å². The molecule has 1 aromatic carbocycles. The van der Waals surface area contributed by atoms with E-state index in [4.69, 9.17) is 11.2 Å². The van der Waals surface area contributed by atoms with E-state index >= 15 is 0 Å². The van der Waals surface area contributed by atoms with Crippen LogP contribution in [0, 0.1) is 17.8 Å². The second-order valence-electron chi connectivity index (χ2n) is 5.22. The van der Waals surface area contributed by atoms with Crippen LogP contribution < -0.4 is 10.1 Å². The van der Waals surface area contributed by atoms with E-state index in [1.54, 1.807) is 6.92 Å². The molecule has 6 heteroatoms. The summed E-state index contributed by atoms with van der Waals surface area (Å²) in [6.07, 6.45) is 1.87. The van der Waals surface area contributed by atoms with Gasteiger partial charge in [0.15, 0.2) is 0 Å². The summed E-state index contributed by atoms with van der Waals surface area (Å²) in [6.45, 7) is 1.52. The number of nitrogens with one attached hydrogen (secondary N) is 1. The van der Waals surface area contributed by atoms with Gasteiger partial charge in [-0.1, -0.05) is 12.8 Å². The van der Waals surface area contributed by atoms with Crippen LogP contribution in [0.15, 0.2) is 18.2 Å². The van der Waals surface area contributed by atoms with Crippen molar-refractivity contribution in [3.05, 3.63) is 23.8 Å². The van der Waals surface area contributed by atoms with Crippen LogP contribution in [0.3, 0.4) is 0 Å². The number of halogens is 3. The molecule has 2 rings (SSSR count). The Bertz CT molecular complexity index is 598. The van der Waals surface area contributed by atoms with Crippen LogP contribution in [0.2, 0.25) is 0 Å². The molecule has 1 aliphatic rings. The zero-order valence-electron chi connectivity index (χ0n) is 11.4. The number of ether oxygens (including phenoxy) is 1. The van der Waals surface area contributed by atoms with Gasteiger partial charge < -0.3 is 10.1 Å². The number of benzene rings is 1. The Labute approximate surface area is 120 Å². The third kappa shape index (κ3) is 3.48. The maximum atomic E-state index is 13.0. The number of anilines is 1. The molecular formula is C15H14F3NO2. The van der Waals surface area contributed by atoms with E-state index < -0.39 is 17.2 Å². The summed E-state index contributed by atoms with van der Waals surface area (Å²) < 4.78 is 43.9. The highest BCUT2D eigenvalue weighted by molar-refractivity contribution is 5.97. The van der Waals surface area contributed by atoms with Gasteiger partial charge in [-0.05, 0) is 31.0 Å². The van der Waals surface area contributed by atoms with Gasteiger partial charge in [-0.25, -0.2) is 0 Å². The molecule has 1 saturated carbocycles. The molecule has 0 bridgehead atoms. The second-order valence-corrected chi connectivity index (χ2v) is 5.22. The van der Waals surface area contributed by atoms with Crippen LogP contribution in [0.25, 0.3) is 0 Å². The highest BCUT2D eigenvalue weighted by Crippen LogP contribution is 2.46. The molecule has 1 N–H and O–H groups in total. The van der Waals surface area contributed by atoms with Gasteiger partial charge in [0.1, 0.15) is 12.4 Å². The number of alkyl halides is 3. The Morgan fingerprint density at radius 3 is 2.67 bits per heavy atom. The van der Waals surface area contributed by atoms with Crippen molar-refractivity contribution in [3.8, 4) is 18.1 Å². The van der Waals surface area contributed by atoms with Gasteiger partial charge in [-0.2, -0.15) is 13.2 Å². The number of rotatable bonds is 4. The largest absolute Gasteiger partial charge is 0.480 e. The standard InChI is InChI=1S/C15H14F3NO2/c1-3-8-21-12-5-4-10(9-11(12)15(16,17)18)19-13(20)14(2)6-7-14/h1,4-5,9H,6-8H2,2H3,(H,19,20). The molecule has 1 aliphatic carbocycles. The molecule has 0 spiro atoms. The molecule has 0 saturated heterocycles. The maximum Gasteiger partial charge on any atom is 0.420 e. The van der Waals surface area contributed by atoms with Crippen molar-refractivity contribution < 1.29 is 22.7 Å². The van der Waals surface area contributed by atoms with Crippen molar-refractivity contribution in [3.63, 3.8) is 0 Å². The van der Waals surface area contributed by atoms with E-state index in [2.05, 4.69) is 11.2 Å². The second kappa shape index (κ2) is 5.32. The van der Waals surface area contributed by atoms with Crippen LogP contribution in [0.4, 0.5) is 18.9 Å². The van der Waals surface area contributed by atoms with Crippen molar-refractivity contribution in [2.75, 3.05) is 11.9 Å². The Morgan fingerprint density at radius 1 is 1.48 bits per heavy atom. The first-order valence-corrected chi connectivity index (χ1v) is 6.35. The third-order valence-corrected chi connectivity index (χ3v) is 3.40. The molecule has 0 aromatic heterocycles. The van der Waals surface area contributed by atoms with E-state index in [1.165, 1.54) is 6.07 Å². The fourth-order valence-corrected chi connectivity index (χ4v) is 1.77. The molecule has 0 heterocycles. The fraction of sp³-hybridized carbons (Fsp3) is 0.400. The average Bonchev–Trinajstić information content (AvgIpc) is 3.15. The lowest BCUT2D eigenvalue weighted by atomic mass is 10.1. The molecule has 0 atom stereocenters. The summed E-state index contributed by atoms with van der Waals surface area (Å²) in [5, 5.41) is 2.51. The van der Waals surface area contributed by atoms with Crippen LogP contribution >= 0.6 is 0 Å². The predicted octanol–water partition coefficient (Wildman–Crippen LogP) is 3.46. The number of amides is 1. The number of hydrogen-bond donors (Lipinski definition) is 1. The zero-order chi connectivity index (χ0) is 15.7. The minimum Gasteiger partial charge on any atom is -0.480 e. The molecular weight excluding hydrogens is 283 g/mol. The lowest BCUT2D eigenvalue weighted by Gasteiger charge is -2.16. The van der Waals surface area contributed by atoms with E-state index in [-0.39, 0.29) is 24.0 Å². The van der Waals surface area contributed by atoms with E-state index in [0.29, 0.717) is 0 Å². The molecule has 0 aliphatic heterocycles. The lowest BCUT2D eigenvalue weighted by molar-refractivity contribution is -0.138. The highest BCUT2D eigenvalue weighted by atomic mass is 19.4. The molecule has 21 heavy (non-hydrogen) atoms. The van der Waals surface area contributed by atoms with Crippen LogP contribution in [0.1, 0.15) is 25.3 Å². The third-order valence-electron chi connectivity index (χ3n) is 3.40. The van der Waals surface area contributed by atoms with Gasteiger partial charge in [-0.15, -0.1) is 6.42 Å². The van der Waals surface area contributed by atoms with Crippen molar-refractivity contribution in [2.45, 2.75) is 25.9 Å². The Kier molecular flexibility index (Phi) is 3.86. The van der Waals surface area contributed by atoms with Crippen molar-refractivity contribution in [1.29, 1.82) is 0 Å². The van der Waals surface area contributed by atoms with Crippen molar-refractivity contribution in [2.24, 2.45) is 5.41 Å². The smallest absolute Gasteiger partial charge is 0.420 e. The van der Waals surface area contributed by atoms with Gasteiger partial charge in [0.25, 0.3) is 0 Å². The predicted molar refractivity (Wildman–Crippen MR) is 71.7 cm³/mol. The number of carbonyl (C=O) groups is 1. The number of hydrogen-bond acceptors (Lipinski definition) is 2. The lowest BCUT2D eigenvalue weighted by Crippen LogP contribution is -2.21. The highest BCUT2D eigenvalue weighted by Gasteiger charge is 2.45. The SMILES string of the molecule is C#CCOc1ccc(NC(=O)C2(C)CC2)cc1C(F)(F)F. The van der Waals surface area contributed by atoms with Crippen molar-refractivity contribution in [1.82, 2.24) is 0 Å². The Hall–Kier alpha value is -2.16. The molecule has 0 radical (unpaired) electrons. The molecule has 112 valence electrons. The van der Waals surface area contributed by atoms with Crippen LogP contribution in [-0.4, -0.2) is 12.5 Å². The molecule has 3 nitrogen and oxygen atoms in total. The first kappa shape index (κ1) is 15.2. The monoisotopic (exact) mass is 297 g/mol. The maximum absolute atomic E-state index is 13.0. The van der Waals surface area contributed by atoms with E-state index in [0.717, 1.165) is 25.0 Å². The summed E-state index contributed by atoms with van der Waals surface area (Å²) in [7, 11) is 0. The summed E-state index contributed by atoms with van der Waals surface area (Å²) in [4.78, 5) is 11.9. The minimum absolute atomic E-state index is 0.0912. The summed E-state index contributed by atoms with van der Waals surface area (Å²) in [5.41, 5.74) is -1.33. The van der Waals surface area contributed by atoms with Gasteiger partial charge in [-0.3, -0.25) is 4.79 Å². The van der Waals surface area contributed by atoms with Crippen LogP contribution in [-0.2, 0) is 11.0 Å². The number of terminal acetylenes is 1. The van der Waals surface area contributed by atoms with Crippen LogP contribution in [0.5, 0.6) is 5.75 Å². The quantitative estimate of drug-likeness (QED) is 0.864. The van der Waals surface area contributed by atoms with Gasteiger partial charge in [0.2, 0.25) is 5.91 Å². The normalized spacial score (nSPS) is 16.0. The molecule has 1 aromatic rings. The van der Waals surface area contributed by atoms with Gasteiger partial charge in [0.05, 0.1) is 5.56 Å². The molecule has 1 amide bonds. The first-order chi connectivity index (χ1) is 9.76.